The molecule has 1 unspecified atom stereocenters. The summed E-state index contributed by atoms with van der Waals surface area (Å²) in [6, 6.07) is 8.00. The van der Waals surface area contributed by atoms with Crippen LogP contribution in [0.25, 0.3) is 22.4 Å². The van der Waals surface area contributed by atoms with Crippen molar-refractivity contribution in [3.8, 4) is 11.4 Å². The van der Waals surface area contributed by atoms with Crippen molar-refractivity contribution >= 4 is 41.0 Å². The van der Waals surface area contributed by atoms with Gasteiger partial charge in [0.1, 0.15) is 17.2 Å². The van der Waals surface area contributed by atoms with Crippen LogP contribution in [-0.2, 0) is 11.3 Å². The third-order valence-electron chi connectivity index (χ3n) is 5.68. The Kier molecular flexibility index (Phi) is 6.29. The number of hydrogen-bond acceptors (Lipinski definition) is 6. The summed E-state index contributed by atoms with van der Waals surface area (Å²) in [5, 5.41) is 19.4. The lowest BCUT2D eigenvalue weighted by Gasteiger charge is -2.22. The molecule has 3 aromatic rings. The Hall–Kier alpha value is -2.13. The van der Waals surface area contributed by atoms with Gasteiger partial charge >= 0.3 is 7.12 Å². The maximum Gasteiger partial charge on any atom is 0.490 e. The molecule has 0 saturated carbocycles. The van der Waals surface area contributed by atoms with Crippen molar-refractivity contribution in [1.29, 1.82) is 0 Å². The minimum absolute atomic E-state index is 0.238. The zero-order chi connectivity index (χ0) is 21.3. The third-order valence-corrected chi connectivity index (χ3v) is 6.08. The molecule has 1 atom stereocenters. The number of aromatic nitrogens is 3. The average Bonchev–Trinajstić information content (AvgIpc) is 3.33. The molecule has 9 heteroatoms. The van der Waals surface area contributed by atoms with Crippen molar-refractivity contribution in [2.24, 2.45) is 0 Å². The first-order valence-electron chi connectivity index (χ1n) is 10.4. The molecule has 2 aromatic heterocycles. The van der Waals surface area contributed by atoms with Gasteiger partial charge in [-0.2, -0.15) is 0 Å². The maximum atomic E-state index is 9.59. The normalized spacial score (nSPS) is 16.6. The predicted molar refractivity (Wildman–Crippen MR) is 120 cm³/mol. The SMILES string of the molecule is CCOCCn1c(-c2ccc(N3CCCC3C)nc2)nc2c(Cl)c(B(O)O)ccc21. The van der Waals surface area contributed by atoms with Gasteiger partial charge in [0.25, 0.3) is 0 Å². The summed E-state index contributed by atoms with van der Waals surface area (Å²) in [4.78, 5) is 11.8. The number of anilines is 1. The molecule has 1 aliphatic rings. The van der Waals surface area contributed by atoms with Crippen LogP contribution >= 0.6 is 11.6 Å². The van der Waals surface area contributed by atoms with Crippen molar-refractivity contribution < 1.29 is 14.8 Å². The fourth-order valence-electron chi connectivity index (χ4n) is 4.08. The van der Waals surface area contributed by atoms with Crippen LogP contribution in [0.5, 0.6) is 0 Å². The van der Waals surface area contributed by atoms with Crippen molar-refractivity contribution in [2.75, 3.05) is 24.7 Å². The molecule has 1 fully saturated rings. The molecule has 1 saturated heterocycles. The number of pyridine rings is 1. The second-order valence-electron chi connectivity index (χ2n) is 7.58. The van der Waals surface area contributed by atoms with Gasteiger partial charge in [-0.25, -0.2) is 9.97 Å². The molecule has 0 radical (unpaired) electrons. The van der Waals surface area contributed by atoms with Crippen LogP contribution in [0.3, 0.4) is 0 Å². The Bertz CT molecular complexity index is 1030. The summed E-state index contributed by atoms with van der Waals surface area (Å²) in [5.74, 6) is 1.70. The number of imidazole rings is 1. The van der Waals surface area contributed by atoms with E-state index in [-0.39, 0.29) is 10.5 Å². The van der Waals surface area contributed by atoms with Crippen LogP contribution in [0.15, 0.2) is 30.5 Å². The standard InChI is InChI=1S/C21H26BClN4O3/c1-3-30-12-11-27-17-8-7-16(22(28)29)19(23)20(17)25-21(27)15-6-9-18(24-13-15)26-10-4-5-14(26)2/h6-9,13-14,28-29H,3-5,10-12H2,1-2H3. The minimum Gasteiger partial charge on any atom is -0.423 e. The molecule has 7 nitrogen and oxygen atoms in total. The van der Waals surface area contributed by atoms with Crippen molar-refractivity contribution in [2.45, 2.75) is 39.3 Å². The third kappa shape index (κ3) is 3.92. The smallest absolute Gasteiger partial charge is 0.423 e. The Morgan fingerprint density at radius 2 is 2.10 bits per heavy atom. The van der Waals surface area contributed by atoms with E-state index in [2.05, 4.69) is 11.8 Å². The highest BCUT2D eigenvalue weighted by Gasteiger charge is 2.23. The number of halogens is 1. The molecule has 0 amide bonds. The van der Waals surface area contributed by atoms with E-state index >= 15 is 0 Å². The summed E-state index contributed by atoms with van der Waals surface area (Å²) < 4.78 is 7.59. The zero-order valence-corrected chi connectivity index (χ0v) is 18.0. The van der Waals surface area contributed by atoms with E-state index in [9.17, 15) is 10.0 Å². The molecule has 158 valence electrons. The van der Waals surface area contributed by atoms with Crippen LogP contribution in [0.1, 0.15) is 26.7 Å². The Morgan fingerprint density at radius 1 is 1.27 bits per heavy atom. The minimum atomic E-state index is -1.65. The van der Waals surface area contributed by atoms with Crippen LogP contribution in [0.2, 0.25) is 5.02 Å². The van der Waals surface area contributed by atoms with Gasteiger partial charge in [-0.15, -0.1) is 0 Å². The molecular formula is C21H26BClN4O3. The summed E-state index contributed by atoms with van der Waals surface area (Å²) in [7, 11) is -1.65. The lowest BCUT2D eigenvalue weighted by molar-refractivity contribution is 0.140. The number of rotatable bonds is 7. The van der Waals surface area contributed by atoms with Gasteiger partial charge in [-0.05, 0) is 44.9 Å². The number of fused-ring (bicyclic) bond motifs is 1. The Labute approximate surface area is 181 Å². The van der Waals surface area contributed by atoms with Gasteiger partial charge in [-0.3, -0.25) is 0 Å². The quantitative estimate of drug-likeness (QED) is 0.444. The lowest BCUT2D eigenvalue weighted by atomic mass is 9.80. The van der Waals surface area contributed by atoms with Gasteiger partial charge < -0.3 is 24.3 Å². The van der Waals surface area contributed by atoms with E-state index in [1.807, 2.05) is 35.9 Å². The van der Waals surface area contributed by atoms with Crippen LogP contribution in [0, 0.1) is 0 Å². The fraction of sp³-hybridized carbons (Fsp3) is 0.429. The van der Waals surface area contributed by atoms with Gasteiger partial charge in [0.2, 0.25) is 0 Å². The summed E-state index contributed by atoms with van der Waals surface area (Å²) in [6.45, 7) is 6.98. The van der Waals surface area contributed by atoms with Crippen molar-refractivity contribution in [1.82, 2.24) is 14.5 Å². The topological polar surface area (TPSA) is 83.6 Å². The zero-order valence-electron chi connectivity index (χ0n) is 17.3. The first kappa shape index (κ1) is 21.1. The predicted octanol–water partition coefficient (Wildman–Crippen LogP) is 2.46. The molecule has 0 bridgehead atoms. The van der Waals surface area contributed by atoms with E-state index < -0.39 is 7.12 Å². The van der Waals surface area contributed by atoms with E-state index in [1.54, 1.807) is 6.07 Å². The van der Waals surface area contributed by atoms with Gasteiger partial charge in [-0.1, -0.05) is 17.7 Å². The summed E-state index contributed by atoms with van der Waals surface area (Å²) in [6.07, 6.45) is 4.22. The van der Waals surface area contributed by atoms with Gasteiger partial charge in [0, 0.05) is 43.0 Å². The van der Waals surface area contributed by atoms with E-state index in [4.69, 9.17) is 26.3 Å². The number of nitrogens with zero attached hydrogens (tertiary/aromatic N) is 4. The monoisotopic (exact) mass is 428 g/mol. The number of benzene rings is 1. The fourth-order valence-corrected chi connectivity index (χ4v) is 4.38. The Balaban J connectivity index is 1.76. The van der Waals surface area contributed by atoms with Gasteiger partial charge in [0.05, 0.1) is 17.1 Å². The molecule has 30 heavy (non-hydrogen) atoms. The molecule has 1 aromatic carbocycles. The van der Waals surface area contributed by atoms with Gasteiger partial charge in [0.15, 0.2) is 0 Å². The summed E-state index contributed by atoms with van der Waals surface area (Å²) >= 11 is 6.45. The maximum absolute atomic E-state index is 9.59. The number of hydrogen-bond donors (Lipinski definition) is 2. The van der Waals surface area contributed by atoms with Crippen LogP contribution in [0.4, 0.5) is 5.82 Å². The molecule has 2 N–H and O–H groups in total. The highest BCUT2D eigenvalue weighted by molar-refractivity contribution is 6.63. The second kappa shape index (κ2) is 8.94. The van der Waals surface area contributed by atoms with Crippen LogP contribution in [-0.4, -0.2) is 57.5 Å². The van der Waals surface area contributed by atoms with E-state index in [0.717, 1.165) is 29.3 Å². The Morgan fingerprint density at radius 3 is 2.73 bits per heavy atom. The van der Waals surface area contributed by atoms with Crippen molar-refractivity contribution in [3.05, 3.63) is 35.5 Å². The molecular weight excluding hydrogens is 403 g/mol. The molecule has 4 rings (SSSR count). The molecule has 0 spiro atoms. The highest BCUT2D eigenvalue weighted by atomic mass is 35.5. The van der Waals surface area contributed by atoms with Crippen molar-refractivity contribution in [3.63, 3.8) is 0 Å². The largest absolute Gasteiger partial charge is 0.490 e. The average molecular weight is 429 g/mol. The highest BCUT2D eigenvalue weighted by Crippen LogP contribution is 2.30. The second-order valence-corrected chi connectivity index (χ2v) is 7.96. The van der Waals surface area contributed by atoms with E-state index in [0.29, 0.717) is 31.3 Å². The van der Waals surface area contributed by atoms with Crippen LogP contribution < -0.4 is 10.4 Å². The first-order chi connectivity index (χ1) is 14.5. The number of ether oxygens (including phenoxy) is 1. The summed E-state index contributed by atoms with van der Waals surface area (Å²) in [5.41, 5.74) is 2.46. The lowest BCUT2D eigenvalue weighted by Crippen LogP contribution is -2.30. The molecule has 0 aliphatic carbocycles. The first-order valence-corrected chi connectivity index (χ1v) is 10.7. The molecule has 1 aliphatic heterocycles. The molecule has 3 heterocycles. The van der Waals surface area contributed by atoms with E-state index in [1.165, 1.54) is 12.8 Å².